The lowest BCUT2D eigenvalue weighted by Gasteiger charge is -2.32. The van der Waals surface area contributed by atoms with Gasteiger partial charge in [0.25, 0.3) is 0 Å². The van der Waals surface area contributed by atoms with Gasteiger partial charge in [-0.05, 0) is 70.4 Å². The number of nitrogens with two attached hydrogens (primary N) is 3. The summed E-state index contributed by atoms with van der Waals surface area (Å²) in [5.74, 6) is 0.772. The lowest BCUT2D eigenvalue weighted by Crippen LogP contribution is -2.45. The molecule has 196 valence electrons. The fourth-order valence-electron chi connectivity index (χ4n) is 4.53. The Morgan fingerprint density at radius 1 is 1.23 bits per heavy atom. The van der Waals surface area contributed by atoms with Crippen LogP contribution in [-0.2, 0) is 9.59 Å². The van der Waals surface area contributed by atoms with Crippen LogP contribution in [0.2, 0.25) is 0 Å². The molecule has 10 nitrogen and oxygen atoms in total. The Labute approximate surface area is 212 Å². The fraction of sp³-hybridized carbons (Fsp3) is 0.708. The summed E-state index contributed by atoms with van der Waals surface area (Å²) in [6, 6.07) is 0. The van der Waals surface area contributed by atoms with Gasteiger partial charge in [-0.15, -0.1) is 11.3 Å². The first kappa shape index (κ1) is 28.7. The number of piperidine rings is 2. The normalized spacial score (nSPS) is 19.4. The van der Waals surface area contributed by atoms with Gasteiger partial charge < -0.3 is 27.4 Å². The van der Waals surface area contributed by atoms with E-state index in [1.54, 1.807) is 16.5 Å². The van der Waals surface area contributed by atoms with Crippen LogP contribution in [0.25, 0.3) is 0 Å². The van der Waals surface area contributed by atoms with Gasteiger partial charge in [0.2, 0.25) is 11.8 Å². The van der Waals surface area contributed by atoms with E-state index >= 15 is 0 Å². The number of hydrogen-bond acceptors (Lipinski definition) is 7. The summed E-state index contributed by atoms with van der Waals surface area (Å²) < 4.78 is 0. The number of hydrogen-bond donors (Lipinski definition) is 4. The van der Waals surface area contributed by atoms with E-state index in [9.17, 15) is 14.4 Å². The minimum absolute atomic E-state index is 0.0275. The van der Waals surface area contributed by atoms with Crippen LogP contribution in [0.1, 0.15) is 68.1 Å². The van der Waals surface area contributed by atoms with Crippen molar-refractivity contribution in [3.8, 4) is 0 Å². The number of carbonyl (C=O) groups excluding carboxylic acids is 3. The number of Topliss-reactive ketones (excluding diaryl/α,β-unsaturated/α-hetero) is 1. The maximum atomic E-state index is 12.2. The number of guanidine groups is 1. The van der Waals surface area contributed by atoms with Crippen LogP contribution in [0.5, 0.6) is 0 Å². The Morgan fingerprint density at radius 3 is 2.60 bits per heavy atom. The summed E-state index contributed by atoms with van der Waals surface area (Å²) in [6.07, 6.45) is 9.75. The highest BCUT2D eigenvalue weighted by Crippen LogP contribution is 2.27. The fourth-order valence-corrected chi connectivity index (χ4v) is 5.22. The molecule has 0 aromatic carbocycles. The van der Waals surface area contributed by atoms with E-state index in [2.05, 4.69) is 15.3 Å². The molecule has 0 spiro atoms. The van der Waals surface area contributed by atoms with Crippen molar-refractivity contribution < 1.29 is 14.4 Å². The minimum Gasteiger partial charge on any atom is -0.370 e. The second-order valence-corrected chi connectivity index (χ2v) is 10.3. The van der Waals surface area contributed by atoms with E-state index in [1.807, 2.05) is 6.92 Å². The smallest absolute Gasteiger partial charge is 0.237 e. The topological polar surface area (TPSA) is 170 Å². The van der Waals surface area contributed by atoms with Gasteiger partial charge in [0, 0.05) is 36.5 Å². The average Bonchev–Trinajstić information content (AvgIpc) is 3.37. The minimum atomic E-state index is -0.410. The van der Waals surface area contributed by atoms with Crippen LogP contribution in [-0.4, -0.2) is 66.2 Å². The molecular formula is C24H41N7O3S. The predicted octanol–water partition coefficient (Wildman–Crippen LogP) is 1.51. The number of likely N-dealkylation sites (tertiary alicyclic amines) is 1. The van der Waals surface area contributed by atoms with Crippen molar-refractivity contribution >= 4 is 34.9 Å². The molecule has 2 atom stereocenters. The van der Waals surface area contributed by atoms with Crippen LogP contribution >= 0.6 is 11.3 Å². The summed E-state index contributed by atoms with van der Waals surface area (Å²) in [5.41, 5.74) is 15.6. The van der Waals surface area contributed by atoms with Crippen molar-refractivity contribution in [1.82, 2.24) is 15.2 Å². The molecule has 3 heterocycles. The Hall–Kier alpha value is -2.53. The molecule has 0 aliphatic carbocycles. The third kappa shape index (κ3) is 10.7. The molecule has 2 saturated heterocycles. The molecule has 1 aromatic rings. The first-order valence-electron chi connectivity index (χ1n) is 12.5. The van der Waals surface area contributed by atoms with Gasteiger partial charge in [0.15, 0.2) is 16.8 Å². The summed E-state index contributed by atoms with van der Waals surface area (Å²) in [7, 11) is 0. The van der Waals surface area contributed by atoms with Gasteiger partial charge >= 0.3 is 0 Å². The maximum Gasteiger partial charge on any atom is 0.237 e. The molecular weight excluding hydrogens is 466 g/mol. The predicted molar refractivity (Wildman–Crippen MR) is 139 cm³/mol. The molecule has 1 aromatic heterocycles. The van der Waals surface area contributed by atoms with Crippen molar-refractivity contribution in [3.05, 3.63) is 16.6 Å². The van der Waals surface area contributed by atoms with Gasteiger partial charge in [-0.2, -0.15) is 0 Å². The molecule has 2 aliphatic rings. The average molecular weight is 508 g/mol. The third-order valence-corrected chi connectivity index (χ3v) is 7.34. The van der Waals surface area contributed by atoms with E-state index in [4.69, 9.17) is 17.2 Å². The van der Waals surface area contributed by atoms with E-state index in [1.165, 1.54) is 24.2 Å². The zero-order valence-corrected chi connectivity index (χ0v) is 21.6. The molecule has 3 rings (SSSR count). The SMILES string of the molecule is C[C@@H](CCCN=C(N)N)C(=O)c1nccs1.NC(=O)CN1CCCC(CCC2CCNCC2)C1=O. The number of aliphatic imine (C=N–C) groups is 1. The van der Waals surface area contributed by atoms with E-state index in [-0.39, 0.29) is 36.0 Å². The first-order chi connectivity index (χ1) is 16.8. The molecule has 7 N–H and O–H groups in total. The zero-order valence-electron chi connectivity index (χ0n) is 20.8. The summed E-state index contributed by atoms with van der Waals surface area (Å²) in [5, 5.41) is 5.75. The van der Waals surface area contributed by atoms with Crippen LogP contribution in [0, 0.1) is 17.8 Å². The molecule has 0 saturated carbocycles. The Morgan fingerprint density at radius 2 is 1.97 bits per heavy atom. The number of aromatic nitrogens is 1. The number of thiazole rings is 1. The summed E-state index contributed by atoms with van der Waals surface area (Å²) in [4.78, 5) is 44.5. The lowest BCUT2D eigenvalue weighted by atomic mass is 9.86. The molecule has 2 aliphatic heterocycles. The van der Waals surface area contributed by atoms with Gasteiger partial charge in [0.05, 0.1) is 6.54 Å². The number of carbonyl (C=O) groups is 3. The van der Waals surface area contributed by atoms with E-state index in [0.29, 0.717) is 18.1 Å². The molecule has 2 fully saturated rings. The highest BCUT2D eigenvalue weighted by molar-refractivity contribution is 7.11. The summed E-state index contributed by atoms with van der Waals surface area (Å²) in [6.45, 7) is 5.46. The van der Waals surface area contributed by atoms with Crippen molar-refractivity contribution in [2.75, 3.05) is 32.7 Å². The van der Waals surface area contributed by atoms with Gasteiger partial charge in [0.1, 0.15) is 0 Å². The van der Waals surface area contributed by atoms with Crippen molar-refractivity contribution in [2.24, 2.45) is 39.9 Å². The number of nitrogens with one attached hydrogen (secondary N) is 1. The molecule has 0 radical (unpaired) electrons. The second-order valence-electron chi connectivity index (χ2n) is 9.39. The Kier molecular flexibility index (Phi) is 12.7. The Bertz CT molecular complexity index is 821. The molecule has 1 unspecified atom stereocenters. The van der Waals surface area contributed by atoms with E-state index < -0.39 is 5.91 Å². The highest BCUT2D eigenvalue weighted by atomic mass is 32.1. The molecule has 11 heteroatoms. The molecule has 0 bridgehead atoms. The number of rotatable bonds is 11. The van der Waals surface area contributed by atoms with E-state index in [0.717, 1.165) is 57.5 Å². The Balaban J connectivity index is 0.000000251. The van der Waals surface area contributed by atoms with Gasteiger partial charge in [-0.25, -0.2) is 4.98 Å². The van der Waals surface area contributed by atoms with Crippen molar-refractivity contribution in [3.63, 3.8) is 0 Å². The molecule has 2 amide bonds. The highest BCUT2D eigenvalue weighted by Gasteiger charge is 2.29. The summed E-state index contributed by atoms with van der Waals surface area (Å²) >= 11 is 1.38. The van der Waals surface area contributed by atoms with Crippen LogP contribution in [0.3, 0.4) is 0 Å². The quantitative estimate of drug-likeness (QED) is 0.152. The second kappa shape index (κ2) is 15.5. The number of primary amides is 1. The van der Waals surface area contributed by atoms with Crippen LogP contribution in [0.15, 0.2) is 16.6 Å². The maximum absolute atomic E-state index is 12.2. The third-order valence-electron chi connectivity index (χ3n) is 6.55. The van der Waals surface area contributed by atoms with Gasteiger partial charge in [-0.1, -0.05) is 6.92 Å². The zero-order chi connectivity index (χ0) is 25.6. The van der Waals surface area contributed by atoms with Crippen LogP contribution in [0.4, 0.5) is 0 Å². The molecule has 35 heavy (non-hydrogen) atoms. The first-order valence-corrected chi connectivity index (χ1v) is 13.4. The monoisotopic (exact) mass is 507 g/mol. The number of ketones is 1. The largest absolute Gasteiger partial charge is 0.370 e. The van der Waals surface area contributed by atoms with Gasteiger partial charge in [-0.3, -0.25) is 19.4 Å². The van der Waals surface area contributed by atoms with Crippen molar-refractivity contribution in [2.45, 2.75) is 58.3 Å². The van der Waals surface area contributed by atoms with Crippen LogP contribution < -0.4 is 22.5 Å². The number of nitrogens with zero attached hydrogens (tertiary/aromatic N) is 3. The number of amides is 2. The standard InChI is InChI=1S/C14H25N3O2.C10H16N4OS/c15-13(18)10-17-9-1-2-12(14(17)19)4-3-11-5-7-16-8-6-11;1-7(3-2-4-14-10(11)12)8(15)9-13-5-6-16-9/h11-12,16H,1-10H2,(H2,15,18);5-7H,2-4H2,1H3,(H4,11,12,14)/t;7-/m.0/s1. The lowest BCUT2D eigenvalue weighted by molar-refractivity contribution is -0.141. The van der Waals surface area contributed by atoms with Crippen molar-refractivity contribution in [1.29, 1.82) is 0 Å².